The van der Waals surface area contributed by atoms with Gasteiger partial charge >= 0.3 is 0 Å². The molecule has 1 aromatic heterocycles. The molecule has 0 fully saturated rings. The van der Waals surface area contributed by atoms with Crippen LogP contribution < -0.4 is 5.32 Å². The first-order valence-electron chi connectivity index (χ1n) is 5.38. The van der Waals surface area contributed by atoms with Crippen molar-refractivity contribution in [3.63, 3.8) is 0 Å². The molecule has 88 valence electrons. The van der Waals surface area contributed by atoms with E-state index in [0.717, 1.165) is 28.2 Å². The molecule has 1 heterocycles. The van der Waals surface area contributed by atoms with E-state index in [-0.39, 0.29) is 5.82 Å². The molecule has 0 spiro atoms. The summed E-state index contributed by atoms with van der Waals surface area (Å²) in [5, 5.41) is 2.99. The molecule has 0 amide bonds. The molecule has 0 radical (unpaired) electrons. The standard InChI is InChI=1S/C13H14FN3/c1-8-4-10(6-11(14)5-8)12-9(2)13(15-3)17-7-16-12/h4-7H,1-3H3,(H,15,16,17). The minimum atomic E-state index is -0.246. The first-order chi connectivity index (χ1) is 8.11. The van der Waals surface area contributed by atoms with E-state index in [2.05, 4.69) is 15.3 Å². The van der Waals surface area contributed by atoms with E-state index in [9.17, 15) is 4.39 Å². The normalized spacial score (nSPS) is 10.4. The maximum absolute atomic E-state index is 13.4. The third-order valence-corrected chi connectivity index (χ3v) is 2.64. The van der Waals surface area contributed by atoms with Gasteiger partial charge in [0.25, 0.3) is 0 Å². The van der Waals surface area contributed by atoms with Crippen LogP contribution in [0.2, 0.25) is 0 Å². The highest BCUT2D eigenvalue weighted by Crippen LogP contribution is 2.25. The monoisotopic (exact) mass is 231 g/mol. The summed E-state index contributed by atoms with van der Waals surface area (Å²) in [6.07, 6.45) is 1.48. The lowest BCUT2D eigenvalue weighted by molar-refractivity contribution is 0.627. The van der Waals surface area contributed by atoms with Crippen molar-refractivity contribution in [1.29, 1.82) is 0 Å². The molecule has 0 aliphatic rings. The number of benzene rings is 1. The zero-order valence-electron chi connectivity index (χ0n) is 10.1. The highest BCUT2D eigenvalue weighted by molar-refractivity contribution is 5.68. The van der Waals surface area contributed by atoms with Gasteiger partial charge in [-0.3, -0.25) is 0 Å². The van der Waals surface area contributed by atoms with E-state index >= 15 is 0 Å². The Kier molecular flexibility index (Phi) is 3.04. The first kappa shape index (κ1) is 11.5. The predicted molar refractivity (Wildman–Crippen MR) is 66.4 cm³/mol. The van der Waals surface area contributed by atoms with Crippen LogP contribution in [0.3, 0.4) is 0 Å². The van der Waals surface area contributed by atoms with Crippen LogP contribution >= 0.6 is 0 Å². The number of aromatic nitrogens is 2. The fourth-order valence-corrected chi connectivity index (χ4v) is 1.87. The summed E-state index contributed by atoms with van der Waals surface area (Å²) in [5.41, 5.74) is 3.33. The fourth-order valence-electron chi connectivity index (χ4n) is 1.87. The molecule has 2 aromatic rings. The molecule has 0 saturated heterocycles. The average molecular weight is 231 g/mol. The molecule has 0 aliphatic carbocycles. The smallest absolute Gasteiger partial charge is 0.132 e. The molecular formula is C13H14FN3. The third kappa shape index (κ3) is 2.25. The second kappa shape index (κ2) is 4.49. The van der Waals surface area contributed by atoms with Gasteiger partial charge in [-0.1, -0.05) is 0 Å². The molecule has 0 bridgehead atoms. The molecule has 4 heteroatoms. The number of nitrogens with one attached hydrogen (secondary N) is 1. The summed E-state index contributed by atoms with van der Waals surface area (Å²) in [4.78, 5) is 8.33. The number of nitrogens with zero attached hydrogens (tertiary/aromatic N) is 2. The van der Waals surface area contributed by atoms with Crippen LogP contribution in [-0.2, 0) is 0 Å². The van der Waals surface area contributed by atoms with Crippen LogP contribution in [0.15, 0.2) is 24.5 Å². The van der Waals surface area contributed by atoms with Crippen LogP contribution in [0.25, 0.3) is 11.3 Å². The number of halogens is 1. The van der Waals surface area contributed by atoms with Crippen LogP contribution in [0.1, 0.15) is 11.1 Å². The van der Waals surface area contributed by atoms with E-state index in [1.54, 1.807) is 7.05 Å². The van der Waals surface area contributed by atoms with Crippen LogP contribution in [0.4, 0.5) is 10.2 Å². The van der Waals surface area contributed by atoms with E-state index in [0.29, 0.717) is 0 Å². The van der Waals surface area contributed by atoms with Gasteiger partial charge in [-0.05, 0) is 37.6 Å². The molecule has 0 saturated carbocycles. The van der Waals surface area contributed by atoms with Crippen molar-refractivity contribution in [2.45, 2.75) is 13.8 Å². The SMILES string of the molecule is CNc1ncnc(-c2cc(C)cc(F)c2)c1C. The quantitative estimate of drug-likeness (QED) is 0.863. The van der Waals surface area contributed by atoms with Gasteiger partial charge in [-0.25, -0.2) is 14.4 Å². The Morgan fingerprint density at radius 3 is 2.53 bits per heavy atom. The molecular weight excluding hydrogens is 217 g/mol. The number of rotatable bonds is 2. The van der Waals surface area contributed by atoms with Gasteiger partial charge in [0.05, 0.1) is 5.69 Å². The Morgan fingerprint density at radius 1 is 1.12 bits per heavy atom. The molecule has 2 rings (SSSR count). The highest BCUT2D eigenvalue weighted by Gasteiger charge is 2.09. The van der Waals surface area contributed by atoms with E-state index in [1.165, 1.54) is 18.5 Å². The Bertz CT molecular complexity index is 532. The Morgan fingerprint density at radius 2 is 1.88 bits per heavy atom. The molecule has 1 aromatic carbocycles. The molecule has 0 atom stereocenters. The number of hydrogen-bond acceptors (Lipinski definition) is 3. The maximum Gasteiger partial charge on any atom is 0.132 e. The lowest BCUT2D eigenvalue weighted by Crippen LogP contribution is -1.99. The second-order valence-corrected chi connectivity index (χ2v) is 3.96. The van der Waals surface area contributed by atoms with Gasteiger partial charge < -0.3 is 5.32 Å². The van der Waals surface area contributed by atoms with Crippen molar-refractivity contribution >= 4 is 5.82 Å². The molecule has 17 heavy (non-hydrogen) atoms. The lowest BCUT2D eigenvalue weighted by Gasteiger charge is -2.09. The summed E-state index contributed by atoms with van der Waals surface area (Å²) in [5.74, 6) is 0.515. The van der Waals surface area contributed by atoms with Crippen molar-refractivity contribution < 1.29 is 4.39 Å². The minimum Gasteiger partial charge on any atom is -0.373 e. The fraction of sp³-hybridized carbons (Fsp3) is 0.231. The zero-order valence-corrected chi connectivity index (χ0v) is 10.1. The first-order valence-corrected chi connectivity index (χ1v) is 5.38. The van der Waals surface area contributed by atoms with Crippen LogP contribution in [-0.4, -0.2) is 17.0 Å². The van der Waals surface area contributed by atoms with Gasteiger partial charge in [-0.15, -0.1) is 0 Å². The summed E-state index contributed by atoms with van der Waals surface area (Å²) in [7, 11) is 1.80. The lowest BCUT2D eigenvalue weighted by atomic mass is 10.0. The van der Waals surface area contributed by atoms with E-state index < -0.39 is 0 Å². The van der Waals surface area contributed by atoms with Gasteiger partial charge in [0, 0.05) is 18.2 Å². The topological polar surface area (TPSA) is 37.8 Å². The molecule has 0 aliphatic heterocycles. The van der Waals surface area contributed by atoms with Crippen molar-refractivity contribution in [2.75, 3.05) is 12.4 Å². The van der Waals surface area contributed by atoms with Crippen molar-refractivity contribution in [2.24, 2.45) is 0 Å². The molecule has 1 N–H and O–H groups in total. The third-order valence-electron chi connectivity index (χ3n) is 2.64. The predicted octanol–water partition coefficient (Wildman–Crippen LogP) is 2.94. The Hall–Kier alpha value is -1.97. The van der Waals surface area contributed by atoms with Crippen molar-refractivity contribution in [3.8, 4) is 11.3 Å². The number of hydrogen-bond donors (Lipinski definition) is 1. The summed E-state index contributed by atoms with van der Waals surface area (Å²) in [6.45, 7) is 3.78. The van der Waals surface area contributed by atoms with Crippen LogP contribution in [0.5, 0.6) is 0 Å². The van der Waals surface area contributed by atoms with Gasteiger partial charge in [0.1, 0.15) is 18.0 Å². The summed E-state index contributed by atoms with van der Waals surface area (Å²) >= 11 is 0. The average Bonchev–Trinajstić information content (AvgIpc) is 2.28. The minimum absolute atomic E-state index is 0.246. The maximum atomic E-state index is 13.4. The summed E-state index contributed by atoms with van der Waals surface area (Å²) < 4.78 is 13.4. The van der Waals surface area contributed by atoms with Gasteiger partial charge in [0.15, 0.2) is 0 Å². The molecule has 3 nitrogen and oxygen atoms in total. The second-order valence-electron chi connectivity index (χ2n) is 3.96. The summed E-state index contributed by atoms with van der Waals surface area (Å²) in [6, 6.07) is 4.90. The number of aryl methyl sites for hydroxylation is 1. The number of anilines is 1. The van der Waals surface area contributed by atoms with Crippen molar-refractivity contribution in [3.05, 3.63) is 41.5 Å². The van der Waals surface area contributed by atoms with E-state index in [4.69, 9.17) is 0 Å². The Balaban J connectivity index is 2.60. The molecule has 0 unspecified atom stereocenters. The van der Waals surface area contributed by atoms with E-state index in [1.807, 2.05) is 19.9 Å². The van der Waals surface area contributed by atoms with Gasteiger partial charge in [-0.2, -0.15) is 0 Å². The highest BCUT2D eigenvalue weighted by atomic mass is 19.1. The Labute approximate surface area is 99.7 Å². The van der Waals surface area contributed by atoms with Gasteiger partial charge in [0.2, 0.25) is 0 Å². The zero-order chi connectivity index (χ0) is 12.4. The van der Waals surface area contributed by atoms with Crippen LogP contribution in [0, 0.1) is 19.7 Å². The largest absolute Gasteiger partial charge is 0.373 e. The van der Waals surface area contributed by atoms with Crippen molar-refractivity contribution in [1.82, 2.24) is 9.97 Å².